The molecule has 4 heteroatoms. The van der Waals surface area contributed by atoms with Crippen LogP contribution in [0.4, 0.5) is 5.69 Å². The van der Waals surface area contributed by atoms with Crippen LogP contribution in [-0.2, 0) is 0 Å². The van der Waals surface area contributed by atoms with Gasteiger partial charge in [0.05, 0.1) is 20.1 Å². The van der Waals surface area contributed by atoms with Crippen LogP contribution < -0.4 is 0 Å². The predicted molar refractivity (Wildman–Crippen MR) is 56.1 cm³/mol. The molecule has 1 heterocycles. The second-order valence-corrected chi connectivity index (χ2v) is 4.01. The Balaban J connectivity index is 3.26. The van der Waals surface area contributed by atoms with Crippen molar-refractivity contribution in [2.45, 2.75) is 0 Å². The predicted octanol–water partition coefficient (Wildman–Crippen LogP) is 4.05. The van der Waals surface area contributed by atoms with Gasteiger partial charge >= 0.3 is 0 Å². The normalized spacial score (nSPS) is 9.64. The van der Waals surface area contributed by atoms with Crippen LogP contribution in [0.25, 0.3) is 5.03 Å². The summed E-state index contributed by atoms with van der Waals surface area (Å²) in [4.78, 5) is 4.69. The SMILES string of the molecule is C=Nc1c(Br)csc1C(=C)Cl. The Kier molecular flexibility index (Phi) is 2.87. The molecule has 0 aromatic carbocycles. The van der Waals surface area contributed by atoms with Crippen molar-refractivity contribution < 1.29 is 0 Å². The number of rotatable bonds is 2. The van der Waals surface area contributed by atoms with Crippen LogP contribution in [0.2, 0.25) is 0 Å². The van der Waals surface area contributed by atoms with E-state index in [0.717, 1.165) is 15.0 Å². The molecule has 11 heavy (non-hydrogen) atoms. The molecule has 0 bridgehead atoms. The van der Waals surface area contributed by atoms with E-state index in [1.54, 1.807) is 0 Å². The molecule has 1 aromatic heterocycles. The van der Waals surface area contributed by atoms with E-state index in [4.69, 9.17) is 11.6 Å². The van der Waals surface area contributed by atoms with Gasteiger partial charge in [0.15, 0.2) is 0 Å². The summed E-state index contributed by atoms with van der Waals surface area (Å²) >= 11 is 10.5. The highest BCUT2D eigenvalue weighted by atomic mass is 79.9. The summed E-state index contributed by atoms with van der Waals surface area (Å²) in [6, 6.07) is 0. The van der Waals surface area contributed by atoms with Crippen molar-refractivity contribution in [1.29, 1.82) is 0 Å². The zero-order chi connectivity index (χ0) is 8.43. The highest BCUT2D eigenvalue weighted by molar-refractivity contribution is 9.10. The molecule has 0 aliphatic carbocycles. The number of thiophene rings is 1. The summed E-state index contributed by atoms with van der Waals surface area (Å²) in [6.45, 7) is 7.05. The molecule has 58 valence electrons. The van der Waals surface area contributed by atoms with Crippen LogP contribution in [0.1, 0.15) is 4.88 Å². The topological polar surface area (TPSA) is 12.4 Å². The summed E-state index contributed by atoms with van der Waals surface area (Å²) in [5, 5.41) is 2.41. The molecule has 1 rings (SSSR count). The number of hydrogen-bond donors (Lipinski definition) is 0. The van der Waals surface area contributed by atoms with Crippen molar-refractivity contribution in [3.8, 4) is 0 Å². The van der Waals surface area contributed by atoms with Gasteiger partial charge < -0.3 is 0 Å². The second kappa shape index (κ2) is 3.52. The number of nitrogens with zero attached hydrogens (tertiary/aromatic N) is 1. The standard InChI is InChI=1S/C7H5BrClNS/c1-4(9)7-6(10-2)5(8)3-11-7/h3H,1-2H2. The first kappa shape index (κ1) is 8.97. The quantitative estimate of drug-likeness (QED) is 0.702. The fraction of sp³-hybridized carbons (Fsp3) is 0. The third-order valence-corrected chi connectivity index (χ3v) is 3.36. The van der Waals surface area contributed by atoms with Crippen LogP contribution in [0.15, 0.2) is 21.4 Å². The smallest absolute Gasteiger partial charge is 0.0959 e. The summed E-state index contributed by atoms with van der Waals surface area (Å²) in [5.74, 6) is 0. The summed E-state index contributed by atoms with van der Waals surface area (Å²) in [6.07, 6.45) is 0. The largest absolute Gasteiger partial charge is 0.262 e. The Morgan fingerprint density at radius 2 is 2.36 bits per heavy atom. The van der Waals surface area contributed by atoms with E-state index in [9.17, 15) is 0 Å². The van der Waals surface area contributed by atoms with Crippen LogP contribution in [0.3, 0.4) is 0 Å². The minimum absolute atomic E-state index is 0.503. The molecular weight excluding hydrogens is 246 g/mol. The van der Waals surface area contributed by atoms with Gasteiger partial charge in [-0.2, -0.15) is 0 Å². The van der Waals surface area contributed by atoms with Gasteiger partial charge in [0.1, 0.15) is 0 Å². The van der Waals surface area contributed by atoms with Crippen molar-refractivity contribution in [3.63, 3.8) is 0 Å². The van der Waals surface area contributed by atoms with Crippen molar-refractivity contribution in [2.75, 3.05) is 0 Å². The molecule has 0 aliphatic rings. The van der Waals surface area contributed by atoms with Crippen molar-refractivity contribution >= 4 is 56.3 Å². The third-order valence-electron chi connectivity index (χ3n) is 1.13. The molecular formula is C7H5BrClNS. The Hall–Kier alpha value is -0.120. The Bertz CT molecular complexity index is 305. The molecule has 0 aliphatic heterocycles. The van der Waals surface area contributed by atoms with Gasteiger partial charge in [0.25, 0.3) is 0 Å². The van der Waals surface area contributed by atoms with Gasteiger partial charge in [-0.3, -0.25) is 4.99 Å². The van der Waals surface area contributed by atoms with Crippen molar-refractivity contribution in [2.24, 2.45) is 4.99 Å². The minimum Gasteiger partial charge on any atom is -0.262 e. The van der Waals surface area contributed by atoms with Gasteiger partial charge in [0, 0.05) is 5.38 Å². The Morgan fingerprint density at radius 1 is 1.73 bits per heavy atom. The van der Waals surface area contributed by atoms with Crippen molar-refractivity contribution in [3.05, 3.63) is 21.3 Å². The molecule has 0 atom stereocenters. The van der Waals surface area contributed by atoms with Gasteiger partial charge in [-0.05, 0) is 22.6 Å². The van der Waals surface area contributed by atoms with E-state index >= 15 is 0 Å². The molecule has 1 nitrogen and oxygen atoms in total. The molecule has 0 spiro atoms. The van der Waals surface area contributed by atoms with E-state index < -0.39 is 0 Å². The van der Waals surface area contributed by atoms with E-state index in [2.05, 4.69) is 34.2 Å². The highest BCUT2D eigenvalue weighted by Crippen LogP contribution is 2.39. The van der Waals surface area contributed by atoms with E-state index in [1.807, 2.05) is 5.38 Å². The summed E-state index contributed by atoms with van der Waals surface area (Å²) < 4.78 is 0.911. The lowest BCUT2D eigenvalue weighted by Gasteiger charge is -1.93. The first-order valence-corrected chi connectivity index (χ1v) is 4.80. The first-order chi connectivity index (χ1) is 5.16. The lowest BCUT2D eigenvalue weighted by atomic mass is 10.4. The second-order valence-electron chi connectivity index (χ2n) is 1.82. The monoisotopic (exact) mass is 249 g/mol. The summed E-state index contributed by atoms with van der Waals surface area (Å²) in [7, 11) is 0. The van der Waals surface area contributed by atoms with Crippen LogP contribution in [0.5, 0.6) is 0 Å². The van der Waals surface area contributed by atoms with Gasteiger partial charge in [-0.1, -0.05) is 18.2 Å². The minimum atomic E-state index is 0.503. The maximum absolute atomic E-state index is 5.71. The first-order valence-electron chi connectivity index (χ1n) is 2.75. The highest BCUT2D eigenvalue weighted by Gasteiger charge is 2.08. The molecule has 0 amide bonds. The Morgan fingerprint density at radius 3 is 2.73 bits per heavy atom. The Labute approximate surface area is 82.5 Å². The maximum atomic E-state index is 5.71. The molecule has 0 saturated heterocycles. The van der Waals surface area contributed by atoms with Gasteiger partial charge in [-0.25, -0.2) is 0 Å². The lowest BCUT2D eigenvalue weighted by Crippen LogP contribution is -1.66. The van der Waals surface area contributed by atoms with Crippen LogP contribution in [0, 0.1) is 0 Å². The molecule has 0 fully saturated rings. The number of halogens is 2. The fourth-order valence-electron chi connectivity index (χ4n) is 0.670. The van der Waals surface area contributed by atoms with Crippen molar-refractivity contribution in [1.82, 2.24) is 0 Å². The molecule has 0 N–H and O–H groups in total. The molecule has 0 radical (unpaired) electrons. The van der Waals surface area contributed by atoms with E-state index in [1.165, 1.54) is 11.3 Å². The number of aliphatic imine (C=N–C) groups is 1. The fourth-order valence-corrected chi connectivity index (χ4v) is 2.38. The molecule has 0 unspecified atom stereocenters. The van der Waals surface area contributed by atoms with E-state index in [-0.39, 0.29) is 0 Å². The van der Waals surface area contributed by atoms with Gasteiger partial charge in [0.2, 0.25) is 0 Å². The molecule has 1 aromatic rings. The third kappa shape index (κ3) is 1.72. The zero-order valence-corrected chi connectivity index (χ0v) is 8.76. The lowest BCUT2D eigenvalue weighted by molar-refractivity contribution is 1.58. The summed E-state index contributed by atoms with van der Waals surface area (Å²) in [5.41, 5.74) is 0.773. The van der Waals surface area contributed by atoms with Gasteiger partial charge in [-0.15, -0.1) is 11.3 Å². The van der Waals surface area contributed by atoms with Crippen LogP contribution >= 0.6 is 38.9 Å². The molecule has 0 saturated carbocycles. The van der Waals surface area contributed by atoms with Crippen LogP contribution in [-0.4, -0.2) is 6.72 Å². The average molecular weight is 251 g/mol. The van der Waals surface area contributed by atoms with E-state index in [0.29, 0.717) is 5.03 Å². The number of hydrogen-bond acceptors (Lipinski definition) is 2. The maximum Gasteiger partial charge on any atom is 0.0959 e. The zero-order valence-electron chi connectivity index (χ0n) is 5.60. The average Bonchev–Trinajstić information content (AvgIpc) is 2.30.